The lowest BCUT2D eigenvalue weighted by molar-refractivity contribution is 1.02. The summed E-state index contributed by atoms with van der Waals surface area (Å²) < 4.78 is 0. The molecule has 1 aromatic rings. The molecule has 1 fully saturated rings. The fourth-order valence-corrected chi connectivity index (χ4v) is 1.20. The van der Waals surface area contributed by atoms with Gasteiger partial charge < -0.3 is 5.32 Å². The number of aromatic nitrogens is 2. The van der Waals surface area contributed by atoms with Crippen LogP contribution in [0.5, 0.6) is 0 Å². The summed E-state index contributed by atoms with van der Waals surface area (Å²) >= 11 is 11.4. The second kappa shape index (κ2) is 3.07. The molecular formula is C7H7Cl2N3. The van der Waals surface area contributed by atoms with Crippen LogP contribution < -0.4 is 5.32 Å². The quantitative estimate of drug-likeness (QED) is 0.803. The summed E-state index contributed by atoms with van der Waals surface area (Å²) in [5.41, 5.74) is 0.777. The predicted molar refractivity (Wildman–Crippen MR) is 48.7 cm³/mol. The fraction of sp³-hybridized carbons (Fsp3) is 0.429. The number of rotatable bonds is 2. The van der Waals surface area contributed by atoms with Crippen molar-refractivity contribution >= 4 is 28.9 Å². The molecule has 64 valence electrons. The summed E-state index contributed by atoms with van der Waals surface area (Å²) in [6, 6.07) is 2.23. The Kier molecular flexibility index (Phi) is 2.07. The Morgan fingerprint density at radius 1 is 1.33 bits per heavy atom. The average Bonchev–Trinajstić information content (AvgIpc) is 2.81. The molecule has 1 N–H and O–H groups in total. The van der Waals surface area contributed by atoms with Crippen molar-refractivity contribution in [3.63, 3.8) is 0 Å². The number of hydrogen-bond donors (Lipinski definition) is 1. The SMILES string of the molecule is Clc1cc(NC2CC2)c(Cl)nn1. The first-order valence-corrected chi connectivity index (χ1v) is 4.46. The molecule has 1 aliphatic rings. The van der Waals surface area contributed by atoms with Crippen molar-refractivity contribution in [2.24, 2.45) is 0 Å². The van der Waals surface area contributed by atoms with Gasteiger partial charge >= 0.3 is 0 Å². The van der Waals surface area contributed by atoms with Gasteiger partial charge in [0.2, 0.25) is 0 Å². The van der Waals surface area contributed by atoms with E-state index in [-0.39, 0.29) is 0 Å². The van der Waals surface area contributed by atoms with Gasteiger partial charge in [0.05, 0.1) is 5.69 Å². The van der Waals surface area contributed by atoms with Crippen LogP contribution in [0.25, 0.3) is 0 Å². The van der Waals surface area contributed by atoms with Crippen molar-refractivity contribution in [3.8, 4) is 0 Å². The van der Waals surface area contributed by atoms with E-state index in [0.29, 0.717) is 16.3 Å². The molecule has 0 spiro atoms. The third-order valence-electron chi connectivity index (χ3n) is 1.66. The molecule has 0 bridgehead atoms. The van der Waals surface area contributed by atoms with Crippen molar-refractivity contribution in [3.05, 3.63) is 16.4 Å². The molecule has 0 amide bonds. The molecule has 2 rings (SSSR count). The molecule has 3 nitrogen and oxygen atoms in total. The van der Waals surface area contributed by atoms with Crippen molar-refractivity contribution in [1.82, 2.24) is 10.2 Å². The molecule has 0 aliphatic heterocycles. The molecule has 5 heteroatoms. The van der Waals surface area contributed by atoms with Crippen LogP contribution in [0, 0.1) is 0 Å². The largest absolute Gasteiger partial charge is 0.380 e. The molecule has 0 saturated heterocycles. The van der Waals surface area contributed by atoms with Crippen molar-refractivity contribution < 1.29 is 0 Å². The molecule has 0 radical (unpaired) electrons. The van der Waals surface area contributed by atoms with Crippen LogP contribution in [0.15, 0.2) is 6.07 Å². The summed E-state index contributed by atoms with van der Waals surface area (Å²) in [6.45, 7) is 0. The lowest BCUT2D eigenvalue weighted by Gasteiger charge is -2.04. The zero-order chi connectivity index (χ0) is 8.55. The van der Waals surface area contributed by atoms with Crippen molar-refractivity contribution in [2.45, 2.75) is 18.9 Å². The highest BCUT2D eigenvalue weighted by Gasteiger charge is 2.22. The van der Waals surface area contributed by atoms with Crippen molar-refractivity contribution in [2.75, 3.05) is 5.32 Å². The number of hydrogen-bond acceptors (Lipinski definition) is 3. The summed E-state index contributed by atoms with van der Waals surface area (Å²) in [5.74, 6) is 0. The Hall–Kier alpha value is -0.540. The zero-order valence-electron chi connectivity index (χ0n) is 6.22. The first-order valence-electron chi connectivity index (χ1n) is 3.71. The van der Waals surface area contributed by atoms with Gasteiger partial charge in [-0.05, 0) is 12.8 Å². The highest BCUT2D eigenvalue weighted by Crippen LogP contribution is 2.28. The van der Waals surface area contributed by atoms with Gasteiger partial charge in [-0.1, -0.05) is 23.2 Å². The van der Waals surface area contributed by atoms with Gasteiger partial charge in [-0.2, -0.15) is 0 Å². The van der Waals surface area contributed by atoms with Gasteiger partial charge in [0.25, 0.3) is 0 Å². The molecule has 0 atom stereocenters. The van der Waals surface area contributed by atoms with Gasteiger partial charge in [0.15, 0.2) is 10.3 Å². The zero-order valence-corrected chi connectivity index (χ0v) is 7.73. The van der Waals surface area contributed by atoms with E-state index in [1.807, 2.05) is 0 Å². The van der Waals surface area contributed by atoms with Crippen LogP contribution in [0.3, 0.4) is 0 Å². The maximum absolute atomic E-state index is 5.77. The molecule has 1 aliphatic carbocycles. The average molecular weight is 204 g/mol. The molecule has 12 heavy (non-hydrogen) atoms. The van der Waals surface area contributed by atoms with E-state index < -0.39 is 0 Å². The molecule has 1 heterocycles. The van der Waals surface area contributed by atoms with E-state index in [2.05, 4.69) is 15.5 Å². The highest BCUT2D eigenvalue weighted by atomic mass is 35.5. The third kappa shape index (κ3) is 1.79. The Bertz CT molecular complexity index is 299. The Morgan fingerprint density at radius 2 is 2.08 bits per heavy atom. The van der Waals surface area contributed by atoms with E-state index in [9.17, 15) is 0 Å². The topological polar surface area (TPSA) is 37.8 Å². The Balaban J connectivity index is 2.21. The smallest absolute Gasteiger partial charge is 0.174 e. The first-order chi connectivity index (χ1) is 5.75. The van der Waals surface area contributed by atoms with E-state index in [4.69, 9.17) is 23.2 Å². The minimum absolute atomic E-state index is 0.363. The molecule has 0 unspecified atom stereocenters. The van der Waals surface area contributed by atoms with Crippen LogP contribution in [-0.4, -0.2) is 16.2 Å². The van der Waals surface area contributed by atoms with Crippen LogP contribution in [-0.2, 0) is 0 Å². The minimum Gasteiger partial charge on any atom is -0.380 e. The number of nitrogens with zero attached hydrogens (tertiary/aromatic N) is 2. The van der Waals surface area contributed by atoms with Crippen LogP contribution in [0.4, 0.5) is 5.69 Å². The summed E-state index contributed by atoms with van der Waals surface area (Å²) in [4.78, 5) is 0. The van der Waals surface area contributed by atoms with Gasteiger partial charge in [-0.15, -0.1) is 10.2 Å². The van der Waals surface area contributed by atoms with E-state index in [1.54, 1.807) is 6.07 Å². The predicted octanol–water partition coefficient (Wildman–Crippen LogP) is 2.36. The lowest BCUT2D eigenvalue weighted by Crippen LogP contribution is -2.02. The Morgan fingerprint density at radius 3 is 2.75 bits per heavy atom. The summed E-state index contributed by atoms with van der Waals surface area (Å²) in [5, 5.41) is 11.2. The van der Waals surface area contributed by atoms with Gasteiger partial charge in [0.1, 0.15) is 0 Å². The van der Waals surface area contributed by atoms with Gasteiger partial charge in [0, 0.05) is 12.1 Å². The molecule has 1 saturated carbocycles. The maximum Gasteiger partial charge on any atom is 0.174 e. The number of nitrogens with one attached hydrogen (secondary N) is 1. The van der Waals surface area contributed by atoms with Crippen LogP contribution >= 0.6 is 23.2 Å². The van der Waals surface area contributed by atoms with E-state index in [0.717, 1.165) is 5.69 Å². The van der Waals surface area contributed by atoms with Gasteiger partial charge in [-0.25, -0.2) is 0 Å². The maximum atomic E-state index is 5.77. The molecule has 1 aromatic heterocycles. The second-order valence-corrected chi connectivity index (χ2v) is 3.54. The monoisotopic (exact) mass is 203 g/mol. The number of halogens is 2. The summed E-state index contributed by atoms with van der Waals surface area (Å²) in [6.07, 6.45) is 2.38. The fourth-order valence-electron chi connectivity index (χ4n) is 0.902. The lowest BCUT2D eigenvalue weighted by atomic mass is 10.4. The normalized spacial score (nSPS) is 16.2. The van der Waals surface area contributed by atoms with Crippen LogP contribution in [0.1, 0.15) is 12.8 Å². The second-order valence-electron chi connectivity index (χ2n) is 2.79. The van der Waals surface area contributed by atoms with Gasteiger partial charge in [-0.3, -0.25) is 0 Å². The van der Waals surface area contributed by atoms with Crippen molar-refractivity contribution in [1.29, 1.82) is 0 Å². The molecule has 0 aromatic carbocycles. The van der Waals surface area contributed by atoms with Crippen LogP contribution in [0.2, 0.25) is 10.3 Å². The number of anilines is 1. The Labute approximate surface area is 80.1 Å². The molecular weight excluding hydrogens is 197 g/mol. The van der Waals surface area contributed by atoms with E-state index >= 15 is 0 Å². The highest BCUT2D eigenvalue weighted by molar-refractivity contribution is 6.33. The standard InChI is InChI=1S/C7H7Cl2N3/c8-6-3-5(7(9)12-11-6)10-4-1-2-4/h3-4H,1-2H2,(H,10,11). The summed E-state index contributed by atoms with van der Waals surface area (Å²) in [7, 11) is 0. The third-order valence-corrected chi connectivity index (χ3v) is 2.12. The minimum atomic E-state index is 0.363. The first kappa shape index (κ1) is 8.08. The van der Waals surface area contributed by atoms with E-state index in [1.165, 1.54) is 12.8 Å².